The Bertz CT molecular complexity index is 234. The maximum Gasteiger partial charge on any atom is 0.343 e. The molecule has 3 nitrogen and oxygen atoms in total. The first kappa shape index (κ1) is 17.0. The van der Waals surface area contributed by atoms with Gasteiger partial charge in [-0.15, -0.1) is 0 Å². The van der Waals surface area contributed by atoms with Crippen LogP contribution in [0.1, 0.15) is 65.2 Å². The summed E-state index contributed by atoms with van der Waals surface area (Å²) in [6.07, 6.45) is 11.9. The maximum absolute atomic E-state index is 10.8. The van der Waals surface area contributed by atoms with E-state index in [0.29, 0.717) is 0 Å². The van der Waals surface area contributed by atoms with E-state index in [4.69, 9.17) is 4.74 Å². The molecule has 0 amide bonds. The summed E-state index contributed by atoms with van der Waals surface area (Å²) in [7, 11) is 1.36. The Labute approximate surface area is 112 Å². The van der Waals surface area contributed by atoms with E-state index in [-0.39, 0.29) is 12.6 Å². The lowest BCUT2D eigenvalue weighted by molar-refractivity contribution is -0.144. The van der Waals surface area contributed by atoms with Crippen molar-refractivity contribution >= 4 is 5.97 Å². The highest BCUT2D eigenvalue weighted by atomic mass is 16.6. The number of methoxy groups -OCH3 is 1. The first-order valence-corrected chi connectivity index (χ1v) is 7.04. The normalized spacial score (nSPS) is 11.4. The third-order valence-electron chi connectivity index (χ3n) is 2.89. The number of unbranched alkanes of at least 4 members (excludes halogenated alkanes) is 6. The first-order chi connectivity index (χ1) is 8.70. The molecule has 0 aliphatic carbocycles. The largest absolute Gasteiger partial charge is 0.490 e. The van der Waals surface area contributed by atoms with Gasteiger partial charge in [0.25, 0.3) is 0 Å². The SMILES string of the molecule is CCCCCCCCCC(C)=COCC(=O)OC. The number of ether oxygens (including phenoxy) is 2. The number of hydrogen-bond acceptors (Lipinski definition) is 3. The van der Waals surface area contributed by atoms with Crippen LogP contribution in [0.2, 0.25) is 0 Å². The van der Waals surface area contributed by atoms with Gasteiger partial charge in [-0.05, 0) is 25.3 Å². The van der Waals surface area contributed by atoms with Gasteiger partial charge in [-0.1, -0.05) is 45.4 Å². The van der Waals surface area contributed by atoms with Crippen LogP contribution in [0.4, 0.5) is 0 Å². The minimum Gasteiger partial charge on any atom is -0.490 e. The van der Waals surface area contributed by atoms with Gasteiger partial charge in [0.05, 0.1) is 13.4 Å². The average molecular weight is 256 g/mol. The van der Waals surface area contributed by atoms with Crippen LogP contribution in [-0.2, 0) is 14.3 Å². The Balaban J connectivity index is 3.38. The lowest BCUT2D eigenvalue weighted by atomic mass is 10.1. The molecule has 0 aromatic rings. The van der Waals surface area contributed by atoms with Crippen molar-refractivity contribution in [2.24, 2.45) is 0 Å². The van der Waals surface area contributed by atoms with Gasteiger partial charge in [-0.25, -0.2) is 4.79 Å². The molecule has 0 saturated carbocycles. The predicted molar refractivity (Wildman–Crippen MR) is 74.3 cm³/mol. The Morgan fingerprint density at radius 1 is 1.06 bits per heavy atom. The van der Waals surface area contributed by atoms with E-state index in [1.54, 1.807) is 6.26 Å². The first-order valence-electron chi connectivity index (χ1n) is 7.04. The van der Waals surface area contributed by atoms with E-state index in [1.165, 1.54) is 57.6 Å². The van der Waals surface area contributed by atoms with Crippen molar-refractivity contribution in [1.82, 2.24) is 0 Å². The minimum absolute atomic E-state index is 0.00482. The second kappa shape index (κ2) is 12.5. The summed E-state index contributed by atoms with van der Waals surface area (Å²) in [5.74, 6) is -0.338. The molecular weight excluding hydrogens is 228 g/mol. The molecule has 0 atom stereocenters. The van der Waals surface area contributed by atoms with Gasteiger partial charge in [0, 0.05) is 0 Å². The molecular formula is C15H28O3. The van der Waals surface area contributed by atoms with Gasteiger partial charge < -0.3 is 9.47 Å². The van der Waals surface area contributed by atoms with Crippen LogP contribution >= 0.6 is 0 Å². The van der Waals surface area contributed by atoms with Crippen LogP contribution in [0, 0.1) is 0 Å². The molecule has 106 valence electrons. The fraction of sp³-hybridized carbons (Fsp3) is 0.800. The summed E-state index contributed by atoms with van der Waals surface area (Å²) in [6, 6.07) is 0. The van der Waals surface area contributed by atoms with Gasteiger partial charge in [0.15, 0.2) is 6.61 Å². The molecule has 0 fully saturated rings. The lowest BCUT2D eigenvalue weighted by Crippen LogP contribution is -2.07. The van der Waals surface area contributed by atoms with E-state index < -0.39 is 0 Å². The molecule has 0 N–H and O–H groups in total. The van der Waals surface area contributed by atoms with Gasteiger partial charge in [0.2, 0.25) is 0 Å². The smallest absolute Gasteiger partial charge is 0.343 e. The van der Waals surface area contributed by atoms with Crippen LogP contribution < -0.4 is 0 Å². The van der Waals surface area contributed by atoms with Gasteiger partial charge >= 0.3 is 5.97 Å². The monoisotopic (exact) mass is 256 g/mol. The third kappa shape index (κ3) is 11.5. The number of carbonyl (C=O) groups excluding carboxylic acids is 1. The zero-order chi connectivity index (χ0) is 13.6. The molecule has 0 heterocycles. The predicted octanol–water partition coefficient (Wildman–Crippen LogP) is 4.22. The van der Waals surface area contributed by atoms with E-state index in [9.17, 15) is 4.79 Å². The third-order valence-corrected chi connectivity index (χ3v) is 2.89. The molecule has 0 unspecified atom stereocenters. The number of carbonyl (C=O) groups is 1. The summed E-state index contributed by atoms with van der Waals surface area (Å²) in [4.78, 5) is 10.8. The van der Waals surface area contributed by atoms with Gasteiger partial charge in [0.1, 0.15) is 0 Å². The molecule has 0 rings (SSSR count). The van der Waals surface area contributed by atoms with Crippen LogP contribution in [0.25, 0.3) is 0 Å². The second-order valence-electron chi connectivity index (χ2n) is 4.72. The molecule has 0 spiro atoms. The minimum atomic E-state index is -0.338. The number of hydrogen-bond donors (Lipinski definition) is 0. The number of rotatable bonds is 11. The maximum atomic E-state index is 10.8. The zero-order valence-corrected chi connectivity index (χ0v) is 12.2. The van der Waals surface area contributed by atoms with Crippen molar-refractivity contribution in [2.45, 2.75) is 65.2 Å². The van der Waals surface area contributed by atoms with Crippen LogP contribution in [0.15, 0.2) is 11.8 Å². The topological polar surface area (TPSA) is 35.5 Å². The van der Waals surface area contributed by atoms with E-state index in [2.05, 4.69) is 11.7 Å². The highest BCUT2D eigenvalue weighted by molar-refractivity contribution is 5.70. The molecule has 0 radical (unpaired) electrons. The number of allylic oxidation sites excluding steroid dienone is 1. The zero-order valence-electron chi connectivity index (χ0n) is 12.2. The summed E-state index contributed by atoms with van der Waals surface area (Å²) in [5.41, 5.74) is 1.19. The number of esters is 1. The Morgan fingerprint density at radius 3 is 2.28 bits per heavy atom. The molecule has 0 aromatic carbocycles. The van der Waals surface area contributed by atoms with Crippen molar-refractivity contribution in [1.29, 1.82) is 0 Å². The van der Waals surface area contributed by atoms with E-state index in [1.807, 2.05) is 6.92 Å². The summed E-state index contributed by atoms with van der Waals surface area (Å²) >= 11 is 0. The van der Waals surface area contributed by atoms with Crippen LogP contribution in [0.3, 0.4) is 0 Å². The van der Waals surface area contributed by atoms with Gasteiger partial charge in [-0.3, -0.25) is 0 Å². The molecule has 0 aliphatic heterocycles. The molecule has 0 aromatic heterocycles. The molecule has 3 heteroatoms. The van der Waals surface area contributed by atoms with Crippen molar-refractivity contribution in [3.8, 4) is 0 Å². The van der Waals surface area contributed by atoms with Crippen molar-refractivity contribution in [2.75, 3.05) is 13.7 Å². The quantitative estimate of drug-likeness (QED) is 0.315. The summed E-state index contributed by atoms with van der Waals surface area (Å²) in [5, 5.41) is 0. The standard InChI is InChI=1S/C15H28O3/c1-4-5-6-7-8-9-10-11-14(2)12-18-13-15(16)17-3/h12H,4-11,13H2,1-3H3. The van der Waals surface area contributed by atoms with E-state index >= 15 is 0 Å². The van der Waals surface area contributed by atoms with Crippen molar-refractivity contribution in [3.63, 3.8) is 0 Å². The van der Waals surface area contributed by atoms with Crippen LogP contribution in [-0.4, -0.2) is 19.7 Å². The highest BCUT2D eigenvalue weighted by Gasteiger charge is 1.98. The highest BCUT2D eigenvalue weighted by Crippen LogP contribution is 2.12. The fourth-order valence-electron chi connectivity index (χ4n) is 1.73. The van der Waals surface area contributed by atoms with Crippen molar-refractivity contribution < 1.29 is 14.3 Å². The Hall–Kier alpha value is -0.990. The average Bonchev–Trinajstić information content (AvgIpc) is 2.37. The fourth-order valence-corrected chi connectivity index (χ4v) is 1.73. The lowest BCUT2D eigenvalue weighted by Gasteiger charge is -2.03. The van der Waals surface area contributed by atoms with Crippen molar-refractivity contribution in [3.05, 3.63) is 11.8 Å². The second-order valence-corrected chi connectivity index (χ2v) is 4.72. The van der Waals surface area contributed by atoms with Crippen LogP contribution in [0.5, 0.6) is 0 Å². The molecule has 0 aliphatic rings. The Kier molecular flexibility index (Phi) is 11.8. The molecule has 0 bridgehead atoms. The molecule has 18 heavy (non-hydrogen) atoms. The molecule has 0 saturated heterocycles. The Morgan fingerprint density at radius 2 is 1.67 bits per heavy atom. The summed E-state index contributed by atoms with van der Waals surface area (Å²) in [6.45, 7) is 4.28. The van der Waals surface area contributed by atoms with Gasteiger partial charge in [-0.2, -0.15) is 0 Å². The van der Waals surface area contributed by atoms with E-state index in [0.717, 1.165) is 6.42 Å². The summed E-state index contributed by atoms with van der Waals surface area (Å²) < 4.78 is 9.61.